The zero-order valence-electron chi connectivity index (χ0n) is 22.3. The van der Waals surface area contributed by atoms with Crippen LogP contribution in [0.4, 0.5) is 4.39 Å². The van der Waals surface area contributed by atoms with Crippen molar-refractivity contribution in [1.82, 2.24) is 0 Å². The normalized spacial score (nSPS) is 10.9. The molecule has 0 aliphatic carbocycles. The fourth-order valence-corrected chi connectivity index (χ4v) is 5.33. The number of para-hydroxylation sites is 2. The third-order valence-corrected chi connectivity index (χ3v) is 7.78. The van der Waals surface area contributed by atoms with Crippen LogP contribution in [0, 0.1) is 28.5 Å². The lowest BCUT2D eigenvalue weighted by atomic mass is 9.94. The van der Waals surface area contributed by atoms with E-state index in [1.165, 1.54) is 0 Å². The number of benzene rings is 4. The Hall–Kier alpha value is -3.68. The first-order chi connectivity index (χ1) is 19.2. The van der Waals surface area contributed by atoms with Crippen molar-refractivity contribution in [2.24, 2.45) is 0 Å². The van der Waals surface area contributed by atoms with E-state index >= 15 is 4.39 Å². The fourth-order valence-electron chi connectivity index (χ4n) is 4.11. The Labute approximate surface area is 247 Å². The molecule has 0 fully saturated rings. The van der Waals surface area contributed by atoms with Gasteiger partial charge < -0.3 is 9.47 Å². The molecule has 0 spiro atoms. The Morgan fingerprint density at radius 3 is 1.88 bits per heavy atom. The summed E-state index contributed by atoms with van der Waals surface area (Å²) >= 11 is 13.5. The SMILES string of the molecule is CC(C)c1cccc(C(C)C)c1Oc1c(C#N)c(C#N)c(F)c(Sc2ccc(Cl)cc2)c1Oc1ccccc1Cl. The molecule has 0 aliphatic heterocycles. The minimum absolute atomic E-state index is 0.0269. The highest BCUT2D eigenvalue weighted by Crippen LogP contribution is 2.51. The van der Waals surface area contributed by atoms with Crippen molar-refractivity contribution in [3.63, 3.8) is 0 Å². The lowest BCUT2D eigenvalue weighted by Gasteiger charge is -2.23. The summed E-state index contributed by atoms with van der Waals surface area (Å²) in [4.78, 5) is 0.609. The minimum atomic E-state index is -0.894. The van der Waals surface area contributed by atoms with Crippen LogP contribution in [0.2, 0.25) is 10.0 Å². The molecule has 4 rings (SSSR count). The smallest absolute Gasteiger partial charge is 0.190 e. The van der Waals surface area contributed by atoms with Crippen molar-refractivity contribution in [2.75, 3.05) is 0 Å². The van der Waals surface area contributed by atoms with E-state index < -0.39 is 11.4 Å². The van der Waals surface area contributed by atoms with Gasteiger partial charge in [0.05, 0.1) is 9.92 Å². The van der Waals surface area contributed by atoms with Crippen LogP contribution >= 0.6 is 35.0 Å². The molecule has 0 saturated carbocycles. The first kappa shape index (κ1) is 29.3. The van der Waals surface area contributed by atoms with Crippen LogP contribution in [0.1, 0.15) is 61.8 Å². The molecule has 8 heteroatoms. The molecule has 0 saturated heterocycles. The van der Waals surface area contributed by atoms with Crippen LogP contribution in [0.15, 0.2) is 76.5 Å². The molecule has 40 heavy (non-hydrogen) atoms. The number of hydrogen-bond donors (Lipinski definition) is 0. The Kier molecular flexibility index (Phi) is 9.28. The highest BCUT2D eigenvalue weighted by atomic mass is 35.5. The second-order valence-electron chi connectivity index (χ2n) is 9.54. The summed E-state index contributed by atoms with van der Waals surface area (Å²) in [5.74, 6) is -0.0973. The molecule has 0 atom stereocenters. The van der Waals surface area contributed by atoms with Crippen LogP contribution in [-0.2, 0) is 0 Å². The summed E-state index contributed by atoms with van der Waals surface area (Å²) in [5, 5.41) is 21.0. The van der Waals surface area contributed by atoms with Crippen molar-refractivity contribution < 1.29 is 13.9 Å². The molecule has 0 radical (unpaired) electrons. The molecule has 4 aromatic carbocycles. The topological polar surface area (TPSA) is 66.0 Å². The van der Waals surface area contributed by atoms with Gasteiger partial charge in [0, 0.05) is 9.92 Å². The molecule has 0 N–H and O–H groups in total. The van der Waals surface area contributed by atoms with Crippen molar-refractivity contribution in [3.8, 4) is 35.1 Å². The van der Waals surface area contributed by atoms with Crippen molar-refractivity contribution >= 4 is 35.0 Å². The minimum Gasteiger partial charge on any atom is -0.451 e. The Balaban J connectivity index is 2.06. The van der Waals surface area contributed by atoms with Gasteiger partial charge in [-0.25, -0.2) is 4.39 Å². The maximum atomic E-state index is 16.1. The van der Waals surface area contributed by atoms with Gasteiger partial charge in [0.1, 0.15) is 34.8 Å². The van der Waals surface area contributed by atoms with Gasteiger partial charge in [-0.2, -0.15) is 10.5 Å². The van der Waals surface area contributed by atoms with E-state index in [4.69, 9.17) is 32.7 Å². The second-order valence-corrected chi connectivity index (χ2v) is 11.5. The molecule has 0 bridgehead atoms. The third kappa shape index (κ3) is 6.06. The molecule has 4 nitrogen and oxygen atoms in total. The zero-order valence-corrected chi connectivity index (χ0v) is 24.6. The lowest BCUT2D eigenvalue weighted by Crippen LogP contribution is -2.06. The maximum absolute atomic E-state index is 16.1. The maximum Gasteiger partial charge on any atom is 0.190 e. The first-order valence-electron chi connectivity index (χ1n) is 12.5. The van der Waals surface area contributed by atoms with Gasteiger partial charge in [-0.05, 0) is 59.4 Å². The third-order valence-electron chi connectivity index (χ3n) is 6.14. The Morgan fingerprint density at radius 1 is 0.725 bits per heavy atom. The molecule has 4 aromatic rings. The van der Waals surface area contributed by atoms with Gasteiger partial charge in [0.25, 0.3) is 0 Å². The van der Waals surface area contributed by atoms with Gasteiger partial charge >= 0.3 is 0 Å². The van der Waals surface area contributed by atoms with Crippen LogP contribution in [0.25, 0.3) is 0 Å². The molecule has 0 heterocycles. The summed E-state index contributed by atoms with van der Waals surface area (Å²) in [6, 6.07) is 23.2. The number of ether oxygens (including phenoxy) is 2. The van der Waals surface area contributed by atoms with Gasteiger partial charge in [-0.3, -0.25) is 0 Å². The number of rotatable bonds is 8. The molecule has 0 aromatic heterocycles. The number of hydrogen-bond acceptors (Lipinski definition) is 5. The van der Waals surface area contributed by atoms with Gasteiger partial charge in [-0.1, -0.05) is 93.0 Å². The van der Waals surface area contributed by atoms with Crippen molar-refractivity contribution in [2.45, 2.75) is 49.3 Å². The summed E-state index contributed by atoms with van der Waals surface area (Å²) < 4.78 is 28.9. The van der Waals surface area contributed by atoms with E-state index in [1.807, 2.05) is 58.0 Å². The fraction of sp³-hybridized carbons (Fsp3) is 0.188. The standard InChI is InChI=1S/C32H25Cl2FN2O2S/c1-18(2)22-8-7-9-23(19(3)4)29(22)39-30-25(17-37)24(16-36)28(35)32(40-21-14-12-20(33)13-15-21)31(30)38-27-11-6-5-10-26(27)34/h5-15,18-19H,1-4H3. The van der Waals surface area contributed by atoms with E-state index in [9.17, 15) is 10.5 Å². The molecular weight excluding hydrogens is 566 g/mol. The predicted molar refractivity (Wildman–Crippen MR) is 158 cm³/mol. The van der Waals surface area contributed by atoms with Crippen LogP contribution in [0.3, 0.4) is 0 Å². The molecule has 0 unspecified atom stereocenters. The Morgan fingerprint density at radius 2 is 1.32 bits per heavy atom. The summed E-state index contributed by atoms with van der Waals surface area (Å²) in [5.41, 5.74) is 1.09. The van der Waals surface area contributed by atoms with Gasteiger partial charge in [-0.15, -0.1) is 0 Å². The first-order valence-corrected chi connectivity index (χ1v) is 14.1. The quantitative estimate of drug-likeness (QED) is 0.204. The molecule has 202 valence electrons. The summed E-state index contributed by atoms with van der Waals surface area (Å²) in [6.07, 6.45) is 0. The van der Waals surface area contributed by atoms with Crippen molar-refractivity contribution in [1.29, 1.82) is 10.5 Å². The number of halogens is 3. The van der Waals surface area contributed by atoms with Crippen LogP contribution < -0.4 is 9.47 Å². The second kappa shape index (κ2) is 12.7. The van der Waals surface area contributed by atoms with Crippen LogP contribution in [0.5, 0.6) is 23.0 Å². The van der Waals surface area contributed by atoms with Gasteiger partial charge in [0.15, 0.2) is 17.3 Å². The molecular formula is C32H25Cl2FN2O2S. The van der Waals surface area contributed by atoms with E-state index in [0.29, 0.717) is 15.7 Å². The highest BCUT2D eigenvalue weighted by molar-refractivity contribution is 7.99. The largest absolute Gasteiger partial charge is 0.451 e. The summed E-state index contributed by atoms with van der Waals surface area (Å²) in [7, 11) is 0. The van der Waals surface area contributed by atoms with E-state index in [2.05, 4.69) is 0 Å². The number of nitrogens with zero attached hydrogens (tertiary/aromatic N) is 2. The Bertz CT molecular complexity index is 1610. The van der Waals surface area contributed by atoms with E-state index in [1.54, 1.807) is 48.5 Å². The highest BCUT2D eigenvalue weighted by Gasteiger charge is 2.30. The zero-order chi connectivity index (χ0) is 29.0. The number of nitriles is 2. The molecule has 0 amide bonds. The van der Waals surface area contributed by atoms with Gasteiger partial charge in [0.2, 0.25) is 0 Å². The average molecular weight is 592 g/mol. The van der Waals surface area contributed by atoms with E-state index in [0.717, 1.165) is 22.9 Å². The lowest BCUT2D eigenvalue weighted by molar-refractivity contribution is 0.395. The van der Waals surface area contributed by atoms with E-state index in [-0.39, 0.29) is 44.6 Å². The monoisotopic (exact) mass is 590 g/mol. The molecule has 0 aliphatic rings. The average Bonchev–Trinajstić information content (AvgIpc) is 2.93. The van der Waals surface area contributed by atoms with Crippen molar-refractivity contribution in [3.05, 3.63) is 105 Å². The summed E-state index contributed by atoms with van der Waals surface area (Å²) in [6.45, 7) is 8.13. The predicted octanol–water partition coefficient (Wildman–Crippen LogP) is 10.9. The van der Waals surface area contributed by atoms with Crippen LogP contribution in [-0.4, -0.2) is 0 Å².